The van der Waals surface area contributed by atoms with E-state index in [-0.39, 0.29) is 0 Å². The van der Waals surface area contributed by atoms with Gasteiger partial charge in [0.15, 0.2) is 0 Å². The predicted octanol–water partition coefficient (Wildman–Crippen LogP) is 14.3. The summed E-state index contributed by atoms with van der Waals surface area (Å²) in [6.07, 6.45) is 6.04. The van der Waals surface area contributed by atoms with Crippen LogP contribution in [0.1, 0.15) is 16.7 Å². The molecule has 2 heterocycles. The fraction of sp³-hybridized carbons (Fsp3) is 0. The number of nitrogens with zero attached hydrogens (tertiary/aromatic N) is 4. The molecule has 0 aliphatic carbocycles. The summed E-state index contributed by atoms with van der Waals surface area (Å²) in [5, 5.41) is 19.2. The molecular weight excluding hydrogens is 705 g/mol. The summed E-state index contributed by atoms with van der Waals surface area (Å²) in [7, 11) is 0. The van der Waals surface area contributed by atoms with E-state index in [1.807, 2.05) is 30.3 Å². The van der Waals surface area contributed by atoms with Crippen molar-refractivity contribution in [2.75, 3.05) is 4.90 Å². The van der Waals surface area contributed by atoms with Crippen LogP contribution in [0, 0.1) is 11.3 Å². The predicted molar refractivity (Wildman–Crippen MR) is 242 cm³/mol. The number of hydrogen-bond donors (Lipinski definition) is 0. The monoisotopic (exact) mass is 738 g/mol. The van der Waals surface area contributed by atoms with Crippen molar-refractivity contribution < 1.29 is 0 Å². The van der Waals surface area contributed by atoms with E-state index in [0.29, 0.717) is 5.56 Å². The first-order valence-electron chi connectivity index (χ1n) is 19.5. The summed E-state index contributed by atoms with van der Waals surface area (Å²) >= 11 is 0. The Morgan fingerprint density at radius 3 is 2.12 bits per heavy atom. The second kappa shape index (κ2) is 13.6. The second-order valence-electron chi connectivity index (χ2n) is 14.7. The quantitative estimate of drug-likeness (QED) is 0.121. The molecule has 0 unspecified atom stereocenters. The highest BCUT2D eigenvalue weighted by atomic mass is 15.2. The zero-order chi connectivity index (χ0) is 38.6. The van der Waals surface area contributed by atoms with Gasteiger partial charge in [-0.05, 0) is 116 Å². The number of aromatic nitrogens is 2. The molecule has 11 rings (SSSR count). The molecule has 270 valence electrons. The highest BCUT2D eigenvalue weighted by Crippen LogP contribution is 2.43. The Labute approximate surface area is 335 Å². The lowest BCUT2D eigenvalue weighted by atomic mass is 9.93. The van der Waals surface area contributed by atoms with Gasteiger partial charge >= 0.3 is 0 Å². The van der Waals surface area contributed by atoms with E-state index in [0.717, 1.165) is 39.1 Å². The van der Waals surface area contributed by atoms with Gasteiger partial charge in [0.1, 0.15) is 11.9 Å². The summed E-state index contributed by atoms with van der Waals surface area (Å²) in [5.41, 5.74) is 10.9. The third-order valence-electron chi connectivity index (χ3n) is 11.4. The zero-order valence-corrected chi connectivity index (χ0v) is 31.4. The van der Waals surface area contributed by atoms with Crippen LogP contribution in [0.2, 0.25) is 0 Å². The third-order valence-corrected chi connectivity index (χ3v) is 11.4. The van der Waals surface area contributed by atoms with Gasteiger partial charge in [-0.1, -0.05) is 133 Å². The number of pyridine rings is 1. The molecular formula is C54H34N4. The summed E-state index contributed by atoms with van der Waals surface area (Å²) in [6.45, 7) is 0. The van der Waals surface area contributed by atoms with Gasteiger partial charge in [0, 0.05) is 33.7 Å². The summed E-state index contributed by atoms with van der Waals surface area (Å²) < 4.78 is 2.40. The lowest BCUT2D eigenvalue weighted by molar-refractivity contribution is 1.18. The molecule has 0 spiro atoms. The van der Waals surface area contributed by atoms with Crippen molar-refractivity contribution in [1.82, 2.24) is 9.55 Å². The maximum absolute atomic E-state index is 9.40. The molecule has 4 heteroatoms. The Morgan fingerprint density at radius 1 is 0.534 bits per heavy atom. The van der Waals surface area contributed by atoms with Crippen LogP contribution in [0.25, 0.3) is 83.1 Å². The van der Waals surface area contributed by atoms with Crippen molar-refractivity contribution in [3.05, 3.63) is 211 Å². The molecule has 0 saturated carbocycles. The van der Waals surface area contributed by atoms with Gasteiger partial charge in [0.05, 0.1) is 22.3 Å². The van der Waals surface area contributed by atoms with Crippen LogP contribution in [0.15, 0.2) is 194 Å². The van der Waals surface area contributed by atoms with Crippen LogP contribution in [0.4, 0.5) is 17.2 Å². The number of fused-ring (bicyclic) bond motifs is 2. The van der Waals surface area contributed by atoms with Crippen LogP contribution in [0.3, 0.4) is 0 Å². The van der Waals surface area contributed by atoms with Crippen LogP contribution >= 0.6 is 0 Å². The molecule has 0 N–H and O–H groups in total. The molecule has 11 aromatic rings. The highest BCUT2D eigenvalue weighted by Gasteiger charge is 2.20. The summed E-state index contributed by atoms with van der Waals surface area (Å²) in [5.74, 6) is 0.749. The first-order valence-corrected chi connectivity index (χ1v) is 19.5. The van der Waals surface area contributed by atoms with Crippen molar-refractivity contribution in [2.45, 2.75) is 0 Å². The molecule has 0 aliphatic rings. The molecule has 4 nitrogen and oxygen atoms in total. The fourth-order valence-corrected chi connectivity index (χ4v) is 8.72. The van der Waals surface area contributed by atoms with E-state index in [2.05, 4.69) is 190 Å². The van der Waals surface area contributed by atoms with E-state index >= 15 is 0 Å². The van der Waals surface area contributed by atoms with E-state index in [1.54, 1.807) is 6.20 Å². The minimum atomic E-state index is 0.530. The number of anilines is 3. The van der Waals surface area contributed by atoms with E-state index in [4.69, 9.17) is 0 Å². The van der Waals surface area contributed by atoms with Crippen LogP contribution in [-0.2, 0) is 0 Å². The molecule has 0 bridgehead atoms. The minimum Gasteiger partial charge on any atom is -0.309 e. The van der Waals surface area contributed by atoms with Gasteiger partial charge in [-0.15, -0.1) is 0 Å². The van der Waals surface area contributed by atoms with Gasteiger partial charge in [-0.25, -0.2) is 4.98 Å². The molecule has 2 aromatic heterocycles. The average molecular weight is 739 g/mol. The SMILES string of the molecule is N#Cc1ccc(N(c2ccccc2)c2ccc(/C=C/c3ccc4cc(-c5ccc6c7c5ccc5cccc(c57)n6-c5ccccc5)ccc4c3)c3ccccc23)nc1. The first kappa shape index (κ1) is 33.3. The van der Waals surface area contributed by atoms with Crippen molar-refractivity contribution in [3.8, 4) is 22.9 Å². The summed E-state index contributed by atoms with van der Waals surface area (Å²) in [6, 6.07) is 69.0. The van der Waals surface area contributed by atoms with E-state index in [9.17, 15) is 5.26 Å². The molecule has 9 aromatic carbocycles. The van der Waals surface area contributed by atoms with Crippen molar-refractivity contribution in [2.24, 2.45) is 0 Å². The van der Waals surface area contributed by atoms with Gasteiger partial charge in [-0.3, -0.25) is 4.90 Å². The van der Waals surface area contributed by atoms with Crippen LogP contribution < -0.4 is 4.90 Å². The molecule has 58 heavy (non-hydrogen) atoms. The molecule has 0 amide bonds. The molecule has 0 fully saturated rings. The highest BCUT2D eigenvalue weighted by molar-refractivity contribution is 6.26. The Bertz CT molecular complexity index is 3390. The van der Waals surface area contributed by atoms with Crippen LogP contribution in [-0.4, -0.2) is 9.55 Å². The first-order chi connectivity index (χ1) is 28.7. The number of nitriles is 1. The van der Waals surface area contributed by atoms with Gasteiger partial charge in [0.25, 0.3) is 0 Å². The summed E-state index contributed by atoms with van der Waals surface area (Å²) in [4.78, 5) is 6.84. The molecule has 0 aliphatic heterocycles. The molecule has 0 radical (unpaired) electrons. The van der Waals surface area contributed by atoms with Crippen molar-refractivity contribution in [1.29, 1.82) is 5.26 Å². The number of hydrogen-bond acceptors (Lipinski definition) is 3. The smallest absolute Gasteiger partial charge is 0.137 e. The second-order valence-corrected chi connectivity index (χ2v) is 14.7. The Hall–Kier alpha value is -8.00. The minimum absolute atomic E-state index is 0.530. The Kier molecular flexibility index (Phi) is 7.84. The maximum Gasteiger partial charge on any atom is 0.137 e. The number of benzene rings is 9. The molecule has 0 atom stereocenters. The lowest BCUT2D eigenvalue weighted by Gasteiger charge is -2.26. The average Bonchev–Trinajstić information content (AvgIpc) is 3.64. The topological polar surface area (TPSA) is 44.9 Å². The van der Waals surface area contributed by atoms with Crippen molar-refractivity contribution >= 4 is 83.5 Å². The largest absolute Gasteiger partial charge is 0.309 e. The fourth-order valence-electron chi connectivity index (χ4n) is 8.72. The van der Waals surface area contributed by atoms with Gasteiger partial charge in [0.2, 0.25) is 0 Å². The normalized spacial score (nSPS) is 11.7. The Morgan fingerprint density at radius 2 is 1.29 bits per heavy atom. The van der Waals surface area contributed by atoms with Crippen LogP contribution in [0.5, 0.6) is 0 Å². The molecule has 0 saturated heterocycles. The number of para-hydroxylation sites is 2. The zero-order valence-electron chi connectivity index (χ0n) is 31.4. The van der Waals surface area contributed by atoms with E-state index in [1.165, 1.54) is 60.2 Å². The van der Waals surface area contributed by atoms with Gasteiger partial charge in [-0.2, -0.15) is 5.26 Å². The Balaban J connectivity index is 0.944. The van der Waals surface area contributed by atoms with Crippen molar-refractivity contribution in [3.63, 3.8) is 0 Å². The van der Waals surface area contributed by atoms with E-state index < -0.39 is 0 Å². The standard InChI is InChI=1S/C54H34N4/c55-34-37-20-31-52(56-35-37)58(44-13-5-2-6-14-44)49-29-26-38(45-15-7-8-16-47(45)49)21-18-36-19-22-41-33-42(24-23-40(41)32-36)46-28-30-51-54-48(46)27-25-39-10-9-17-50(53(39)54)57(51)43-11-3-1-4-12-43/h1-33,35H/b21-18+. The lowest BCUT2D eigenvalue weighted by Crippen LogP contribution is -2.12. The van der Waals surface area contributed by atoms with Gasteiger partial charge < -0.3 is 4.57 Å². The number of rotatable bonds is 7. The third kappa shape index (κ3) is 5.49. The maximum atomic E-state index is 9.40.